The van der Waals surface area contributed by atoms with Gasteiger partial charge in [0, 0.05) is 12.6 Å². The molecule has 1 aromatic carbocycles. The number of benzene rings is 1. The van der Waals surface area contributed by atoms with E-state index in [1.165, 1.54) is 25.3 Å². The van der Waals surface area contributed by atoms with Crippen LogP contribution in [-0.2, 0) is 14.3 Å². The molecule has 1 aromatic rings. The summed E-state index contributed by atoms with van der Waals surface area (Å²) in [6.07, 6.45) is 3.34. The molecular formula is C15H18FNO4. The fourth-order valence-electron chi connectivity index (χ4n) is 1.45. The molecule has 0 bridgehead atoms. The zero-order chi connectivity index (χ0) is 15.7. The van der Waals surface area contributed by atoms with E-state index in [-0.39, 0.29) is 18.3 Å². The van der Waals surface area contributed by atoms with Crippen LogP contribution in [0.5, 0.6) is 5.75 Å². The van der Waals surface area contributed by atoms with Gasteiger partial charge in [-0.15, -0.1) is 0 Å². The van der Waals surface area contributed by atoms with Gasteiger partial charge in [0.25, 0.3) is 5.91 Å². The van der Waals surface area contributed by atoms with Gasteiger partial charge in [-0.2, -0.15) is 0 Å². The fourth-order valence-corrected chi connectivity index (χ4v) is 1.45. The van der Waals surface area contributed by atoms with Crippen LogP contribution in [0.25, 0.3) is 6.08 Å². The summed E-state index contributed by atoms with van der Waals surface area (Å²) in [6, 6.07) is 4.29. The average molecular weight is 295 g/mol. The maximum atomic E-state index is 13.4. The number of hydrogen-bond acceptors (Lipinski definition) is 4. The summed E-state index contributed by atoms with van der Waals surface area (Å²) in [6.45, 7) is 2.13. The second-order valence-electron chi connectivity index (χ2n) is 4.18. The summed E-state index contributed by atoms with van der Waals surface area (Å²) < 4.78 is 22.9. The Kier molecular flexibility index (Phi) is 6.94. The predicted octanol–water partition coefficient (Wildman–Crippen LogP) is 1.92. The van der Waals surface area contributed by atoms with Gasteiger partial charge in [-0.05, 0) is 30.2 Å². The van der Waals surface area contributed by atoms with Crippen molar-refractivity contribution in [3.8, 4) is 5.75 Å². The molecule has 1 N–H and O–H groups in total. The number of hydrogen-bond donors (Lipinski definition) is 1. The summed E-state index contributed by atoms with van der Waals surface area (Å²) in [4.78, 5) is 22.6. The third-order valence-corrected chi connectivity index (χ3v) is 2.51. The second-order valence-corrected chi connectivity index (χ2v) is 4.18. The zero-order valence-electron chi connectivity index (χ0n) is 12.0. The fraction of sp³-hybridized carbons (Fsp3) is 0.333. The lowest BCUT2D eigenvalue weighted by Crippen LogP contribution is -2.28. The van der Waals surface area contributed by atoms with Crippen LogP contribution >= 0.6 is 0 Å². The summed E-state index contributed by atoms with van der Waals surface area (Å²) in [5.74, 6) is -1.42. The quantitative estimate of drug-likeness (QED) is 0.616. The lowest BCUT2D eigenvalue weighted by atomic mass is 10.2. The summed E-state index contributed by atoms with van der Waals surface area (Å²) in [5, 5.41) is 2.58. The molecule has 1 rings (SSSR count). The molecule has 5 nitrogen and oxygen atoms in total. The average Bonchev–Trinajstić information content (AvgIpc) is 2.48. The molecule has 6 heteroatoms. The van der Waals surface area contributed by atoms with Crippen molar-refractivity contribution in [1.29, 1.82) is 0 Å². The van der Waals surface area contributed by atoms with Crippen molar-refractivity contribution >= 4 is 18.0 Å². The number of amides is 1. The van der Waals surface area contributed by atoms with Crippen LogP contribution in [0.1, 0.15) is 18.9 Å². The Morgan fingerprint density at radius 1 is 1.38 bits per heavy atom. The van der Waals surface area contributed by atoms with E-state index in [1.807, 2.05) is 6.92 Å². The minimum atomic E-state index is -0.669. The topological polar surface area (TPSA) is 64.6 Å². The first-order valence-corrected chi connectivity index (χ1v) is 6.52. The highest BCUT2D eigenvalue weighted by molar-refractivity contribution is 5.89. The number of nitrogens with one attached hydrogen (secondary N) is 1. The van der Waals surface area contributed by atoms with Crippen LogP contribution in [0.3, 0.4) is 0 Å². The van der Waals surface area contributed by atoms with Gasteiger partial charge in [0.2, 0.25) is 0 Å². The van der Waals surface area contributed by atoms with Gasteiger partial charge in [0.15, 0.2) is 18.2 Å². The Morgan fingerprint density at radius 2 is 2.14 bits per heavy atom. The molecule has 0 unspecified atom stereocenters. The van der Waals surface area contributed by atoms with E-state index >= 15 is 0 Å². The van der Waals surface area contributed by atoms with Crippen LogP contribution in [-0.4, -0.2) is 32.1 Å². The highest BCUT2D eigenvalue weighted by atomic mass is 19.1. The SMILES string of the molecule is CCCNC(=O)COC(=O)/C=C/c1ccc(OC)c(F)c1. The van der Waals surface area contributed by atoms with Crippen molar-refractivity contribution in [2.45, 2.75) is 13.3 Å². The van der Waals surface area contributed by atoms with Gasteiger partial charge >= 0.3 is 5.97 Å². The Hall–Kier alpha value is -2.37. The lowest BCUT2D eigenvalue weighted by Gasteiger charge is -2.03. The van der Waals surface area contributed by atoms with Crippen molar-refractivity contribution in [3.63, 3.8) is 0 Å². The van der Waals surface area contributed by atoms with Crippen molar-refractivity contribution < 1.29 is 23.5 Å². The number of carbonyl (C=O) groups excluding carboxylic acids is 2. The normalized spacial score (nSPS) is 10.4. The van der Waals surface area contributed by atoms with Crippen molar-refractivity contribution in [2.24, 2.45) is 0 Å². The van der Waals surface area contributed by atoms with Crippen LogP contribution in [0.15, 0.2) is 24.3 Å². The number of methoxy groups -OCH3 is 1. The van der Waals surface area contributed by atoms with E-state index in [0.29, 0.717) is 12.1 Å². The highest BCUT2D eigenvalue weighted by Gasteiger charge is 2.05. The summed E-state index contributed by atoms with van der Waals surface area (Å²) >= 11 is 0. The predicted molar refractivity (Wildman–Crippen MR) is 76.2 cm³/mol. The van der Waals surface area contributed by atoms with Gasteiger partial charge in [0.1, 0.15) is 0 Å². The lowest BCUT2D eigenvalue weighted by molar-refractivity contribution is -0.143. The van der Waals surface area contributed by atoms with Gasteiger partial charge < -0.3 is 14.8 Å². The Balaban J connectivity index is 2.47. The molecule has 0 aromatic heterocycles. The third-order valence-electron chi connectivity index (χ3n) is 2.51. The van der Waals surface area contributed by atoms with Crippen molar-refractivity contribution in [3.05, 3.63) is 35.7 Å². The largest absolute Gasteiger partial charge is 0.494 e. The molecule has 0 aliphatic carbocycles. The summed E-state index contributed by atoms with van der Waals surface area (Å²) in [7, 11) is 1.37. The molecule has 0 fully saturated rings. The molecule has 0 heterocycles. The van der Waals surface area contributed by atoms with Crippen LogP contribution in [0.4, 0.5) is 4.39 Å². The molecule has 0 aliphatic rings. The van der Waals surface area contributed by atoms with Crippen LogP contribution < -0.4 is 10.1 Å². The Labute approximate surface area is 122 Å². The second kappa shape index (κ2) is 8.73. The molecule has 114 valence electrons. The Bertz CT molecular complexity index is 528. The number of carbonyl (C=O) groups is 2. The van der Waals surface area contributed by atoms with E-state index in [0.717, 1.165) is 12.5 Å². The highest BCUT2D eigenvalue weighted by Crippen LogP contribution is 2.18. The summed E-state index contributed by atoms with van der Waals surface area (Å²) in [5.41, 5.74) is 0.487. The molecular weight excluding hydrogens is 277 g/mol. The van der Waals surface area contributed by atoms with E-state index < -0.39 is 11.8 Å². The maximum Gasteiger partial charge on any atom is 0.331 e. The van der Waals surface area contributed by atoms with E-state index in [2.05, 4.69) is 5.32 Å². The molecule has 21 heavy (non-hydrogen) atoms. The van der Waals surface area contributed by atoms with Gasteiger partial charge in [-0.1, -0.05) is 13.0 Å². The maximum absolute atomic E-state index is 13.4. The molecule has 0 saturated heterocycles. The van der Waals surface area contributed by atoms with Gasteiger partial charge in [-0.25, -0.2) is 9.18 Å². The number of ether oxygens (including phenoxy) is 2. The van der Waals surface area contributed by atoms with E-state index in [1.54, 1.807) is 6.07 Å². The van der Waals surface area contributed by atoms with Crippen LogP contribution in [0, 0.1) is 5.82 Å². The van der Waals surface area contributed by atoms with Gasteiger partial charge in [0.05, 0.1) is 7.11 Å². The molecule has 0 saturated carbocycles. The first-order valence-electron chi connectivity index (χ1n) is 6.52. The standard InChI is InChI=1S/C15H18FNO4/c1-3-8-17-14(18)10-21-15(19)7-5-11-4-6-13(20-2)12(16)9-11/h4-7,9H,3,8,10H2,1-2H3,(H,17,18)/b7-5+. The van der Waals surface area contributed by atoms with E-state index in [4.69, 9.17) is 9.47 Å². The van der Waals surface area contributed by atoms with Gasteiger partial charge in [-0.3, -0.25) is 4.79 Å². The van der Waals surface area contributed by atoms with Crippen LogP contribution in [0.2, 0.25) is 0 Å². The van der Waals surface area contributed by atoms with Crippen molar-refractivity contribution in [1.82, 2.24) is 5.32 Å². The molecule has 0 radical (unpaired) electrons. The minimum absolute atomic E-state index is 0.127. The first-order chi connectivity index (χ1) is 10.1. The number of esters is 1. The first kappa shape index (κ1) is 16.7. The molecule has 1 amide bonds. The zero-order valence-corrected chi connectivity index (χ0v) is 12.0. The molecule has 0 spiro atoms. The number of halogens is 1. The third kappa shape index (κ3) is 6.07. The Morgan fingerprint density at radius 3 is 2.76 bits per heavy atom. The monoisotopic (exact) mass is 295 g/mol. The van der Waals surface area contributed by atoms with E-state index in [9.17, 15) is 14.0 Å². The van der Waals surface area contributed by atoms with Crippen molar-refractivity contribution in [2.75, 3.05) is 20.3 Å². The smallest absolute Gasteiger partial charge is 0.331 e. The molecule has 0 atom stereocenters. The molecule has 0 aliphatic heterocycles. The number of rotatable bonds is 7. The minimum Gasteiger partial charge on any atom is -0.494 e.